The molecule has 0 bridgehead atoms. The Labute approximate surface area is 126 Å². The Balaban J connectivity index is 2.81. The monoisotopic (exact) mass is 332 g/mol. The molecule has 1 unspecified atom stereocenters. The molecule has 0 aliphatic heterocycles. The molecule has 1 rings (SSSR count). The molecule has 1 aromatic rings. The van der Waals surface area contributed by atoms with E-state index in [1.807, 2.05) is 0 Å². The topological polar surface area (TPSA) is 89.3 Å². The van der Waals surface area contributed by atoms with Crippen LogP contribution in [0.25, 0.3) is 0 Å². The second-order valence-corrected chi connectivity index (χ2v) is 7.47. The van der Waals surface area contributed by atoms with Crippen molar-refractivity contribution in [3.8, 4) is 11.8 Å². The van der Waals surface area contributed by atoms with Gasteiger partial charge in [0.05, 0.1) is 6.54 Å². The Morgan fingerprint density at radius 2 is 2.14 bits per heavy atom. The highest BCUT2D eigenvalue weighted by Gasteiger charge is 2.18. The molecule has 0 aliphatic carbocycles. The van der Waals surface area contributed by atoms with Crippen LogP contribution in [0.5, 0.6) is 0 Å². The quantitative estimate of drug-likeness (QED) is 0.575. The van der Waals surface area contributed by atoms with Crippen molar-refractivity contribution in [1.82, 2.24) is 4.72 Å². The van der Waals surface area contributed by atoms with E-state index < -0.39 is 31.5 Å². The van der Waals surface area contributed by atoms with Gasteiger partial charge in [0.1, 0.15) is 10.7 Å². The van der Waals surface area contributed by atoms with Crippen LogP contribution in [0.1, 0.15) is 12.0 Å². The predicted molar refractivity (Wildman–Crippen MR) is 81.1 cm³/mol. The maximum Gasteiger partial charge on any atom is 0.243 e. The molecule has 0 saturated carbocycles. The number of hydrogen-bond donors (Lipinski definition) is 2. The fraction of sp³-hybridized carbons (Fsp3) is 0.385. The Bertz CT molecular complexity index is 678. The lowest BCUT2D eigenvalue weighted by Crippen LogP contribution is -2.26. The summed E-state index contributed by atoms with van der Waals surface area (Å²) in [6.45, 7) is 0.248. The third kappa shape index (κ3) is 5.93. The molecule has 0 aliphatic rings. The van der Waals surface area contributed by atoms with Crippen LogP contribution < -0.4 is 10.5 Å². The Hall–Kier alpha value is -1.27. The van der Waals surface area contributed by atoms with E-state index in [1.54, 1.807) is 0 Å². The molecule has 5 nitrogen and oxygen atoms in total. The third-order valence-corrected chi connectivity index (χ3v) is 4.81. The van der Waals surface area contributed by atoms with Gasteiger partial charge in [-0.2, -0.15) is 0 Å². The number of rotatable bonds is 6. The molecule has 0 radical (unpaired) electrons. The lowest BCUT2D eigenvalue weighted by Gasteiger charge is -2.07. The Morgan fingerprint density at radius 3 is 2.71 bits per heavy atom. The van der Waals surface area contributed by atoms with Crippen LogP contribution >= 0.6 is 0 Å². The smallest absolute Gasteiger partial charge is 0.243 e. The first-order valence-electron chi connectivity index (χ1n) is 6.15. The van der Waals surface area contributed by atoms with Crippen molar-refractivity contribution in [1.29, 1.82) is 0 Å². The molecule has 3 N–H and O–H groups in total. The summed E-state index contributed by atoms with van der Waals surface area (Å²) in [5, 5.41) is 0. The molecular formula is C13H17FN2O3S2. The molecular weight excluding hydrogens is 315 g/mol. The molecule has 0 aromatic heterocycles. The zero-order valence-electron chi connectivity index (χ0n) is 11.6. The van der Waals surface area contributed by atoms with Gasteiger partial charge >= 0.3 is 0 Å². The molecule has 0 heterocycles. The number of halogens is 1. The van der Waals surface area contributed by atoms with Gasteiger partial charge < -0.3 is 5.73 Å². The Morgan fingerprint density at radius 1 is 1.43 bits per heavy atom. The first kappa shape index (κ1) is 17.8. The van der Waals surface area contributed by atoms with Crippen molar-refractivity contribution in [3.63, 3.8) is 0 Å². The van der Waals surface area contributed by atoms with Crippen LogP contribution in [0.3, 0.4) is 0 Å². The fourth-order valence-electron chi connectivity index (χ4n) is 1.51. The second-order valence-electron chi connectivity index (χ2n) is 4.18. The first-order valence-corrected chi connectivity index (χ1v) is 9.36. The molecule has 1 aromatic carbocycles. The zero-order valence-corrected chi connectivity index (χ0v) is 13.2. The molecule has 116 valence electrons. The highest BCUT2D eigenvalue weighted by Crippen LogP contribution is 2.15. The molecule has 0 spiro atoms. The molecule has 0 amide bonds. The summed E-state index contributed by atoms with van der Waals surface area (Å²) in [6, 6.07) is 3.63. The summed E-state index contributed by atoms with van der Waals surface area (Å²) < 4.78 is 50.9. The zero-order chi connectivity index (χ0) is 15.9. The van der Waals surface area contributed by atoms with E-state index in [4.69, 9.17) is 5.73 Å². The van der Waals surface area contributed by atoms with E-state index in [1.165, 1.54) is 12.3 Å². The average Bonchev–Trinajstić information content (AvgIpc) is 2.41. The average molecular weight is 332 g/mol. The molecule has 1 atom stereocenters. The predicted octanol–water partition coefficient (Wildman–Crippen LogP) is 0.183. The standard InChI is InChI=1S/C13H17FN2O3S2/c1-20(17)9-3-8-16-21(18,19)13-6-5-11(4-2-7-15)10-12(13)14/h5-6,10,16H,3,7-9,15H2,1H3. The van der Waals surface area contributed by atoms with Crippen molar-refractivity contribution in [2.45, 2.75) is 11.3 Å². The summed E-state index contributed by atoms with van der Waals surface area (Å²) in [5.41, 5.74) is 5.57. The van der Waals surface area contributed by atoms with Crippen molar-refractivity contribution >= 4 is 20.8 Å². The van der Waals surface area contributed by atoms with Gasteiger partial charge in [-0.1, -0.05) is 11.8 Å². The van der Waals surface area contributed by atoms with E-state index in [0.29, 0.717) is 17.7 Å². The number of sulfonamides is 1. The summed E-state index contributed by atoms with van der Waals surface area (Å²) in [6.07, 6.45) is 1.96. The fourth-order valence-corrected chi connectivity index (χ4v) is 3.19. The van der Waals surface area contributed by atoms with Gasteiger partial charge in [-0.05, 0) is 24.6 Å². The van der Waals surface area contributed by atoms with Gasteiger partial charge in [0, 0.05) is 34.9 Å². The van der Waals surface area contributed by atoms with E-state index >= 15 is 0 Å². The minimum atomic E-state index is -3.92. The maximum atomic E-state index is 13.8. The largest absolute Gasteiger partial charge is 0.320 e. The number of nitrogens with two attached hydrogens (primary N) is 1. The number of nitrogens with one attached hydrogen (secondary N) is 1. The van der Waals surface area contributed by atoms with Gasteiger partial charge in [-0.25, -0.2) is 17.5 Å². The van der Waals surface area contributed by atoms with Crippen LogP contribution in [-0.2, 0) is 20.8 Å². The van der Waals surface area contributed by atoms with Crippen molar-refractivity contribution in [3.05, 3.63) is 29.6 Å². The minimum absolute atomic E-state index is 0.107. The number of benzene rings is 1. The first-order chi connectivity index (χ1) is 9.86. The van der Waals surface area contributed by atoms with Crippen molar-refractivity contribution < 1.29 is 17.0 Å². The second kappa shape index (κ2) is 8.24. The van der Waals surface area contributed by atoms with Crippen LogP contribution in [0.4, 0.5) is 4.39 Å². The SMILES string of the molecule is CS(=O)CCCNS(=O)(=O)c1ccc(C#CCN)cc1F. The number of hydrogen-bond acceptors (Lipinski definition) is 4. The normalized spacial score (nSPS) is 12.5. The summed E-state index contributed by atoms with van der Waals surface area (Å²) >= 11 is 0. The molecule has 8 heteroatoms. The molecule has 0 saturated heterocycles. The van der Waals surface area contributed by atoms with Gasteiger partial charge in [0.2, 0.25) is 10.0 Å². The van der Waals surface area contributed by atoms with Crippen LogP contribution in [0, 0.1) is 17.7 Å². The molecule has 0 fully saturated rings. The van der Waals surface area contributed by atoms with E-state index in [-0.39, 0.29) is 13.1 Å². The van der Waals surface area contributed by atoms with Crippen molar-refractivity contribution in [2.75, 3.05) is 25.1 Å². The summed E-state index contributed by atoms with van der Waals surface area (Å²) in [7, 11) is -4.91. The highest BCUT2D eigenvalue weighted by molar-refractivity contribution is 7.89. The van der Waals surface area contributed by atoms with Crippen LogP contribution in [-0.4, -0.2) is 37.7 Å². The lowest BCUT2D eigenvalue weighted by atomic mass is 10.2. The Kier molecular flexibility index (Phi) is 6.98. The maximum absolute atomic E-state index is 13.8. The van der Waals surface area contributed by atoms with Crippen molar-refractivity contribution in [2.24, 2.45) is 5.73 Å². The van der Waals surface area contributed by atoms with Gasteiger partial charge in [0.25, 0.3) is 0 Å². The van der Waals surface area contributed by atoms with Crippen LogP contribution in [0.2, 0.25) is 0 Å². The van der Waals surface area contributed by atoms with Gasteiger partial charge in [-0.15, -0.1) is 0 Å². The third-order valence-electron chi connectivity index (χ3n) is 2.46. The van der Waals surface area contributed by atoms with Crippen LogP contribution in [0.15, 0.2) is 23.1 Å². The lowest BCUT2D eigenvalue weighted by molar-refractivity contribution is 0.556. The van der Waals surface area contributed by atoms with E-state index in [9.17, 15) is 17.0 Å². The highest BCUT2D eigenvalue weighted by atomic mass is 32.2. The van der Waals surface area contributed by atoms with E-state index in [2.05, 4.69) is 16.6 Å². The summed E-state index contributed by atoms with van der Waals surface area (Å²) in [5.74, 6) is 4.70. The minimum Gasteiger partial charge on any atom is -0.320 e. The summed E-state index contributed by atoms with van der Waals surface area (Å²) in [4.78, 5) is -0.432. The van der Waals surface area contributed by atoms with Gasteiger partial charge in [-0.3, -0.25) is 4.21 Å². The van der Waals surface area contributed by atoms with Gasteiger partial charge in [0.15, 0.2) is 0 Å². The van der Waals surface area contributed by atoms with E-state index in [0.717, 1.165) is 12.1 Å². The molecule has 21 heavy (non-hydrogen) atoms.